The van der Waals surface area contributed by atoms with Crippen molar-refractivity contribution in [1.29, 1.82) is 0 Å². The van der Waals surface area contributed by atoms with Crippen molar-refractivity contribution < 1.29 is 19.4 Å². The summed E-state index contributed by atoms with van der Waals surface area (Å²) in [5.41, 5.74) is 0. The molecule has 0 saturated heterocycles. The summed E-state index contributed by atoms with van der Waals surface area (Å²) in [4.78, 5) is 29.8. The Labute approximate surface area is 104 Å². The Hall–Kier alpha value is -1.06. The van der Waals surface area contributed by atoms with E-state index in [1.165, 1.54) is 39.0 Å². The van der Waals surface area contributed by atoms with Crippen molar-refractivity contribution >= 4 is 11.9 Å². The quantitative estimate of drug-likeness (QED) is 0.353. The molecule has 0 N–H and O–H groups in total. The second-order valence-corrected chi connectivity index (χ2v) is 4.26. The topological polar surface area (TPSA) is 52.6 Å². The Morgan fingerprint density at radius 1 is 0.824 bits per heavy atom. The maximum absolute atomic E-state index is 11.0. The smallest absolute Gasteiger partial charge is 0.248 e. The van der Waals surface area contributed by atoms with Gasteiger partial charge in [-0.25, -0.2) is 19.4 Å². The fraction of sp³-hybridized carbons (Fsp3) is 0.846. The third-order valence-corrected chi connectivity index (χ3v) is 2.49. The van der Waals surface area contributed by atoms with E-state index in [1.807, 2.05) is 0 Å². The van der Waals surface area contributed by atoms with Gasteiger partial charge in [-0.1, -0.05) is 51.9 Å². The first-order valence-corrected chi connectivity index (χ1v) is 6.54. The highest BCUT2D eigenvalue weighted by atomic mass is 17.2. The monoisotopic (exact) mass is 244 g/mol. The highest BCUT2D eigenvalue weighted by Crippen LogP contribution is 2.09. The molecule has 0 aliphatic carbocycles. The van der Waals surface area contributed by atoms with Crippen molar-refractivity contribution in [1.82, 2.24) is 0 Å². The predicted octanol–water partition coefficient (Wildman–Crippen LogP) is 3.54. The predicted molar refractivity (Wildman–Crippen MR) is 65.1 cm³/mol. The van der Waals surface area contributed by atoms with Gasteiger partial charge in [0.25, 0.3) is 0 Å². The Kier molecular flexibility index (Phi) is 10.7. The van der Waals surface area contributed by atoms with Gasteiger partial charge in [-0.15, -0.1) is 0 Å². The second kappa shape index (κ2) is 11.4. The van der Waals surface area contributed by atoms with E-state index in [0.29, 0.717) is 6.42 Å². The molecule has 0 radical (unpaired) electrons. The zero-order chi connectivity index (χ0) is 12.9. The summed E-state index contributed by atoms with van der Waals surface area (Å²) < 4.78 is 0. The minimum absolute atomic E-state index is 0.322. The lowest BCUT2D eigenvalue weighted by Gasteiger charge is -2.02. The first kappa shape index (κ1) is 15.9. The molecule has 0 atom stereocenters. The van der Waals surface area contributed by atoms with Crippen molar-refractivity contribution in [3.05, 3.63) is 0 Å². The molecule has 17 heavy (non-hydrogen) atoms. The molecule has 0 saturated carbocycles. The summed E-state index contributed by atoms with van der Waals surface area (Å²) in [6.45, 7) is 3.40. The number of carbonyl (C=O) groups excluding carboxylic acids is 2. The van der Waals surface area contributed by atoms with Crippen molar-refractivity contribution in [2.75, 3.05) is 0 Å². The van der Waals surface area contributed by atoms with Crippen LogP contribution in [0.2, 0.25) is 0 Å². The number of hydrogen-bond acceptors (Lipinski definition) is 4. The fourth-order valence-electron chi connectivity index (χ4n) is 1.55. The Morgan fingerprint density at radius 3 is 1.88 bits per heavy atom. The van der Waals surface area contributed by atoms with Gasteiger partial charge in [0.15, 0.2) is 0 Å². The largest absolute Gasteiger partial charge is 0.355 e. The number of hydrogen-bond donors (Lipinski definition) is 0. The number of carbonyl (C=O) groups is 2. The molecule has 0 bridgehead atoms. The van der Waals surface area contributed by atoms with E-state index in [4.69, 9.17) is 0 Å². The van der Waals surface area contributed by atoms with Crippen LogP contribution in [0, 0.1) is 0 Å². The average Bonchev–Trinajstić information content (AvgIpc) is 2.30. The zero-order valence-corrected chi connectivity index (χ0v) is 11.0. The van der Waals surface area contributed by atoms with E-state index in [-0.39, 0.29) is 0 Å². The van der Waals surface area contributed by atoms with Crippen LogP contribution in [0.5, 0.6) is 0 Å². The van der Waals surface area contributed by atoms with Crippen LogP contribution in [-0.2, 0) is 19.4 Å². The van der Waals surface area contributed by atoms with Gasteiger partial charge in [0.1, 0.15) is 0 Å². The first-order valence-electron chi connectivity index (χ1n) is 6.54. The summed E-state index contributed by atoms with van der Waals surface area (Å²) >= 11 is 0. The van der Waals surface area contributed by atoms with E-state index >= 15 is 0 Å². The van der Waals surface area contributed by atoms with Crippen molar-refractivity contribution in [2.24, 2.45) is 0 Å². The Balaban J connectivity index is 3.16. The second-order valence-electron chi connectivity index (χ2n) is 4.26. The molecule has 0 spiro atoms. The van der Waals surface area contributed by atoms with E-state index in [9.17, 15) is 9.59 Å². The molecule has 4 heteroatoms. The van der Waals surface area contributed by atoms with Crippen LogP contribution in [0.1, 0.15) is 71.6 Å². The van der Waals surface area contributed by atoms with E-state index < -0.39 is 11.9 Å². The fourth-order valence-corrected chi connectivity index (χ4v) is 1.55. The molecular weight excluding hydrogens is 220 g/mol. The third-order valence-electron chi connectivity index (χ3n) is 2.49. The normalized spacial score (nSPS) is 10.0. The summed E-state index contributed by atoms with van der Waals surface area (Å²) in [6, 6.07) is 0. The van der Waals surface area contributed by atoms with Crippen LogP contribution < -0.4 is 0 Å². The molecule has 0 aliphatic rings. The van der Waals surface area contributed by atoms with Gasteiger partial charge in [0.05, 0.1) is 6.42 Å². The Bertz CT molecular complexity index is 213. The SMILES string of the molecule is CCCCCCCCCCC(=O)OOC(C)=O. The van der Waals surface area contributed by atoms with Gasteiger partial charge >= 0.3 is 11.9 Å². The minimum Gasteiger partial charge on any atom is -0.248 e. The number of unbranched alkanes of at least 4 members (excludes halogenated alkanes) is 7. The van der Waals surface area contributed by atoms with Crippen LogP contribution in [0.25, 0.3) is 0 Å². The summed E-state index contributed by atoms with van der Waals surface area (Å²) in [5.74, 6) is -1.07. The van der Waals surface area contributed by atoms with Crippen molar-refractivity contribution in [2.45, 2.75) is 71.6 Å². The third kappa shape index (κ3) is 12.9. The van der Waals surface area contributed by atoms with E-state index in [1.54, 1.807) is 0 Å². The van der Waals surface area contributed by atoms with Gasteiger partial charge in [0.2, 0.25) is 0 Å². The standard InChI is InChI=1S/C13H24O4/c1-3-4-5-6-7-8-9-10-11-13(15)17-16-12(2)14/h3-11H2,1-2H3. The van der Waals surface area contributed by atoms with E-state index in [0.717, 1.165) is 19.3 Å². The van der Waals surface area contributed by atoms with Gasteiger partial charge in [-0.3, -0.25) is 0 Å². The molecule has 0 amide bonds. The number of rotatable bonds is 9. The van der Waals surface area contributed by atoms with Crippen LogP contribution in [-0.4, -0.2) is 11.9 Å². The van der Waals surface area contributed by atoms with Crippen molar-refractivity contribution in [3.8, 4) is 0 Å². The lowest BCUT2D eigenvalue weighted by molar-refractivity contribution is -0.257. The van der Waals surface area contributed by atoms with E-state index in [2.05, 4.69) is 16.7 Å². The lowest BCUT2D eigenvalue weighted by atomic mass is 10.1. The molecular formula is C13H24O4. The first-order chi connectivity index (χ1) is 8.16. The molecule has 0 aromatic heterocycles. The molecule has 0 aromatic rings. The van der Waals surface area contributed by atoms with Gasteiger partial charge in [-0.2, -0.15) is 0 Å². The van der Waals surface area contributed by atoms with Crippen LogP contribution in [0.3, 0.4) is 0 Å². The molecule has 0 heterocycles. The van der Waals surface area contributed by atoms with Gasteiger partial charge in [0, 0.05) is 6.92 Å². The van der Waals surface area contributed by atoms with Crippen LogP contribution in [0.15, 0.2) is 0 Å². The van der Waals surface area contributed by atoms with Crippen LogP contribution in [0.4, 0.5) is 0 Å². The molecule has 100 valence electrons. The lowest BCUT2D eigenvalue weighted by Crippen LogP contribution is -2.08. The zero-order valence-electron chi connectivity index (χ0n) is 11.0. The average molecular weight is 244 g/mol. The molecule has 0 unspecified atom stereocenters. The maximum Gasteiger partial charge on any atom is 0.355 e. The molecule has 0 aliphatic heterocycles. The molecule has 0 rings (SSSR count). The highest BCUT2D eigenvalue weighted by molar-refractivity contribution is 5.71. The van der Waals surface area contributed by atoms with Gasteiger partial charge < -0.3 is 0 Å². The highest BCUT2D eigenvalue weighted by Gasteiger charge is 2.05. The molecule has 0 fully saturated rings. The summed E-state index contributed by atoms with van der Waals surface area (Å²) in [7, 11) is 0. The van der Waals surface area contributed by atoms with Gasteiger partial charge in [-0.05, 0) is 6.42 Å². The molecule has 0 aromatic carbocycles. The van der Waals surface area contributed by atoms with Crippen LogP contribution >= 0.6 is 0 Å². The minimum atomic E-state index is -0.603. The van der Waals surface area contributed by atoms with Crippen molar-refractivity contribution in [3.63, 3.8) is 0 Å². The summed E-state index contributed by atoms with van der Waals surface area (Å²) in [6.07, 6.45) is 9.72. The Morgan fingerprint density at radius 2 is 1.35 bits per heavy atom. The maximum atomic E-state index is 11.0. The summed E-state index contributed by atoms with van der Waals surface area (Å²) in [5, 5.41) is 0. The molecule has 4 nitrogen and oxygen atoms in total.